The zero-order chi connectivity index (χ0) is 8.04. The maximum Gasteiger partial charge on any atom is 0.522 e. The van der Waals surface area contributed by atoms with E-state index in [0.717, 1.165) is 0 Å². The van der Waals surface area contributed by atoms with Gasteiger partial charge in [0, 0.05) is 0 Å². The van der Waals surface area contributed by atoms with Crippen molar-refractivity contribution in [1.82, 2.24) is 0 Å². The lowest BCUT2D eigenvalue weighted by Gasteiger charge is -2.05. The smallest absolute Gasteiger partial charge is 0.305 e. The third kappa shape index (κ3) is 7.67. The Hall–Kier alpha value is -0.330. The van der Waals surface area contributed by atoms with Crippen LogP contribution in [-0.2, 0) is 9.57 Å². The topological polar surface area (TPSA) is 44.5 Å². The van der Waals surface area contributed by atoms with Crippen molar-refractivity contribution >= 4 is 0 Å². The fourth-order valence-electron chi connectivity index (χ4n) is 0.330. The van der Waals surface area contributed by atoms with Gasteiger partial charge in [-0.25, -0.2) is 5.90 Å². The summed E-state index contributed by atoms with van der Waals surface area (Å²) in [6, 6.07) is 0. The fraction of sp³-hybridized carbons (Fsp3) is 1.00. The normalized spacial score (nSPS) is 12.0. The van der Waals surface area contributed by atoms with E-state index >= 15 is 0 Å². The minimum absolute atomic E-state index is 0.0656. The SMILES string of the molecule is NOCCCOC(F)(F)F. The first kappa shape index (κ1) is 9.67. The summed E-state index contributed by atoms with van der Waals surface area (Å²) in [5, 5.41) is 0. The van der Waals surface area contributed by atoms with E-state index in [4.69, 9.17) is 0 Å². The van der Waals surface area contributed by atoms with Crippen LogP contribution in [0.5, 0.6) is 0 Å². The zero-order valence-electron chi connectivity index (χ0n) is 5.15. The summed E-state index contributed by atoms with van der Waals surface area (Å²) in [6.45, 7) is -0.350. The first-order valence-corrected chi connectivity index (χ1v) is 2.58. The predicted octanol–water partition coefficient (Wildman–Crippen LogP) is 0.803. The van der Waals surface area contributed by atoms with Crippen LogP contribution < -0.4 is 5.90 Å². The molecule has 0 fully saturated rings. The van der Waals surface area contributed by atoms with Crippen LogP contribution in [0.4, 0.5) is 13.2 Å². The van der Waals surface area contributed by atoms with Gasteiger partial charge in [0.2, 0.25) is 0 Å². The molecule has 0 bridgehead atoms. The first-order chi connectivity index (χ1) is 4.56. The van der Waals surface area contributed by atoms with E-state index in [9.17, 15) is 13.2 Å². The maximum atomic E-state index is 11.2. The average Bonchev–Trinajstić information content (AvgIpc) is 1.78. The van der Waals surface area contributed by atoms with Crippen LogP contribution in [0.2, 0.25) is 0 Å². The van der Waals surface area contributed by atoms with Crippen molar-refractivity contribution in [3.63, 3.8) is 0 Å². The Bertz CT molecular complexity index is 85.1. The summed E-state index contributed by atoms with van der Waals surface area (Å²) >= 11 is 0. The molecule has 0 aromatic rings. The summed E-state index contributed by atoms with van der Waals surface area (Å²) in [4.78, 5) is 4.01. The van der Waals surface area contributed by atoms with Gasteiger partial charge < -0.3 is 4.84 Å². The minimum Gasteiger partial charge on any atom is -0.305 e. The second-order valence-electron chi connectivity index (χ2n) is 1.52. The second-order valence-corrected chi connectivity index (χ2v) is 1.52. The molecule has 0 aliphatic heterocycles. The molecule has 0 radical (unpaired) electrons. The van der Waals surface area contributed by atoms with Gasteiger partial charge in [0.25, 0.3) is 0 Å². The number of alkyl halides is 3. The highest BCUT2D eigenvalue weighted by atomic mass is 19.4. The Labute approximate surface area is 55.9 Å². The van der Waals surface area contributed by atoms with Crippen molar-refractivity contribution in [1.29, 1.82) is 0 Å². The van der Waals surface area contributed by atoms with E-state index in [-0.39, 0.29) is 13.0 Å². The second kappa shape index (κ2) is 4.48. The van der Waals surface area contributed by atoms with E-state index in [0.29, 0.717) is 0 Å². The van der Waals surface area contributed by atoms with Gasteiger partial charge in [-0.3, -0.25) is 4.74 Å². The lowest BCUT2D eigenvalue weighted by molar-refractivity contribution is -0.325. The molecule has 0 saturated heterocycles. The largest absolute Gasteiger partial charge is 0.522 e. The molecule has 0 saturated carbocycles. The summed E-state index contributed by atoms with van der Waals surface area (Å²) in [5.74, 6) is 4.54. The van der Waals surface area contributed by atoms with Crippen LogP contribution in [0.15, 0.2) is 0 Å². The Morgan fingerprint density at radius 2 is 1.80 bits per heavy atom. The molecular formula is C4H8F3NO2. The Morgan fingerprint density at radius 1 is 1.20 bits per heavy atom. The van der Waals surface area contributed by atoms with E-state index in [2.05, 4.69) is 15.5 Å². The van der Waals surface area contributed by atoms with Crippen LogP contribution in [0.25, 0.3) is 0 Å². The molecule has 0 aliphatic rings. The molecule has 0 rings (SSSR count). The van der Waals surface area contributed by atoms with Gasteiger partial charge >= 0.3 is 6.36 Å². The highest BCUT2D eigenvalue weighted by Crippen LogP contribution is 2.15. The summed E-state index contributed by atoms with van der Waals surface area (Å²) in [7, 11) is 0. The first-order valence-electron chi connectivity index (χ1n) is 2.58. The van der Waals surface area contributed by atoms with Crippen molar-refractivity contribution in [2.24, 2.45) is 5.90 Å². The molecule has 2 N–H and O–H groups in total. The number of halogens is 3. The van der Waals surface area contributed by atoms with E-state index in [1.165, 1.54) is 0 Å². The molecule has 0 spiro atoms. The fourth-order valence-corrected chi connectivity index (χ4v) is 0.330. The highest BCUT2D eigenvalue weighted by Gasteiger charge is 2.28. The third-order valence-electron chi connectivity index (χ3n) is 0.672. The number of ether oxygens (including phenoxy) is 1. The third-order valence-corrected chi connectivity index (χ3v) is 0.672. The number of hydrogen-bond acceptors (Lipinski definition) is 3. The zero-order valence-corrected chi connectivity index (χ0v) is 5.15. The van der Waals surface area contributed by atoms with Crippen molar-refractivity contribution in [2.45, 2.75) is 12.8 Å². The lowest BCUT2D eigenvalue weighted by atomic mass is 10.5. The molecule has 0 aromatic heterocycles. The Morgan fingerprint density at radius 3 is 2.20 bits per heavy atom. The molecule has 0 unspecified atom stereocenters. The molecular weight excluding hydrogens is 151 g/mol. The monoisotopic (exact) mass is 159 g/mol. The van der Waals surface area contributed by atoms with Gasteiger partial charge in [0.05, 0.1) is 13.2 Å². The Kier molecular flexibility index (Phi) is 4.33. The summed E-state index contributed by atoms with van der Waals surface area (Å²) < 4.78 is 37.0. The summed E-state index contributed by atoms with van der Waals surface area (Å²) in [6.07, 6.45) is -4.41. The van der Waals surface area contributed by atoms with Crippen molar-refractivity contribution < 1.29 is 22.7 Å². The lowest BCUT2D eigenvalue weighted by Crippen LogP contribution is -2.15. The van der Waals surface area contributed by atoms with Crippen LogP contribution >= 0.6 is 0 Å². The molecule has 0 atom stereocenters. The molecule has 0 aliphatic carbocycles. The van der Waals surface area contributed by atoms with Crippen LogP contribution in [0.3, 0.4) is 0 Å². The minimum atomic E-state index is -4.55. The van der Waals surface area contributed by atoms with Gasteiger partial charge in [-0.2, -0.15) is 0 Å². The van der Waals surface area contributed by atoms with Gasteiger partial charge in [-0.1, -0.05) is 0 Å². The average molecular weight is 159 g/mol. The highest BCUT2D eigenvalue weighted by molar-refractivity contribution is 4.33. The number of nitrogens with two attached hydrogens (primary N) is 1. The maximum absolute atomic E-state index is 11.2. The number of rotatable bonds is 4. The van der Waals surface area contributed by atoms with Crippen LogP contribution in [0, 0.1) is 0 Å². The summed E-state index contributed by atoms with van der Waals surface area (Å²) in [5.41, 5.74) is 0. The molecule has 62 valence electrons. The van der Waals surface area contributed by atoms with E-state index < -0.39 is 13.0 Å². The van der Waals surface area contributed by atoms with Crippen LogP contribution in [0.1, 0.15) is 6.42 Å². The standard InChI is InChI=1S/C4H8F3NO2/c5-4(6,7)9-2-1-3-10-8/h1-3,8H2. The molecule has 10 heavy (non-hydrogen) atoms. The number of hydrogen-bond donors (Lipinski definition) is 1. The molecule has 0 heterocycles. The molecule has 3 nitrogen and oxygen atoms in total. The quantitative estimate of drug-likeness (QED) is 0.487. The molecule has 0 amide bonds. The predicted molar refractivity (Wildman–Crippen MR) is 26.8 cm³/mol. The molecule has 6 heteroatoms. The van der Waals surface area contributed by atoms with Crippen molar-refractivity contribution in [3.8, 4) is 0 Å². The van der Waals surface area contributed by atoms with Gasteiger partial charge in [-0.05, 0) is 6.42 Å². The van der Waals surface area contributed by atoms with Crippen molar-refractivity contribution in [2.75, 3.05) is 13.2 Å². The van der Waals surface area contributed by atoms with E-state index in [1.807, 2.05) is 0 Å². The van der Waals surface area contributed by atoms with Crippen LogP contribution in [-0.4, -0.2) is 19.6 Å². The van der Waals surface area contributed by atoms with E-state index in [1.54, 1.807) is 0 Å². The Balaban J connectivity index is 3.04. The van der Waals surface area contributed by atoms with Gasteiger partial charge in [-0.15, -0.1) is 13.2 Å². The van der Waals surface area contributed by atoms with Gasteiger partial charge in [0.1, 0.15) is 0 Å². The van der Waals surface area contributed by atoms with Crippen molar-refractivity contribution in [3.05, 3.63) is 0 Å². The van der Waals surface area contributed by atoms with Gasteiger partial charge in [0.15, 0.2) is 0 Å². The molecule has 0 aromatic carbocycles.